The maximum Gasteiger partial charge on any atom is 0.158 e. The van der Waals surface area contributed by atoms with Crippen molar-refractivity contribution >= 4 is 5.78 Å². The summed E-state index contributed by atoms with van der Waals surface area (Å²) in [6, 6.07) is 0. The van der Waals surface area contributed by atoms with E-state index in [1.54, 1.807) is 0 Å². The van der Waals surface area contributed by atoms with Crippen molar-refractivity contribution in [1.82, 2.24) is 0 Å². The van der Waals surface area contributed by atoms with Crippen LogP contribution in [0.5, 0.6) is 0 Å². The lowest BCUT2D eigenvalue weighted by Crippen LogP contribution is -2.45. The zero-order valence-electron chi connectivity index (χ0n) is 12.7. The lowest BCUT2D eigenvalue weighted by molar-refractivity contribution is -0.118. The van der Waals surface area contributed by atoms with Gasteiger partial charge in [-0.2, -0.15) is 0 Å². The highest BCUT2D eigenvalue weighted by Crippen LogP contribution is 2.59. The van der Waals surface area contributed by atoms with Gasteiger partial charge in [-0.1, -0.05) is 6.92 Å². The molecular weight excluding hydrogens is 236 g/mol. The standard InChI is InChI=1S/C17H26O2/c1-5-15(18)14-9-8-12-6-7-13-10-17(12,11(14)2)19-16(13,3)4/h12-13H,5-10H2,1-4H3. The number of ketones is 1. The molecule has 2 fully saturated rings. The first-order chi connectivity index (χ1) is 8.90. The van der Waals surface area contributed by atoms with E-state index < -0.39 is 0 Å². The molecule has 0 radical (unpaired) electrons. The molecule has 0 aromatic carbocycles. The van der Waals surface area contributed by atoms with Crippen LogP contribution in [0.4, 0.5) is 0 Å². The molecule has 2 bridgehead atoms. The van der Waals surface area contributed by atoms with E-state index in [2.05, 4.69) is 20.8 Å². The van der Waals surface area contributed by atoms with Crippen LogP contribution in [0.25, 0.3) is 0 Å². The second-order valence-corrected chi connectivity index (χ2v) is 7.19. The highest BCUT2D eigenvalue weighted by molar-refractivity contribution is 5.96. The summed E-state index contributed by atoms with van der Waals surface area (Å²) in [5.74, 6) is 1.63. The fraction of sp³-hybridized carbons (Fsp3) is 0.824. The minimum absolute atomic E-state index is 0.0201. The van der Waals surface area contributed by atoms with Gasteiger partial charge in [-0.15, -0.1) is 0 Å². The highest BCUT2D eigenvalue weighted by Gasteiger charge is 2.59. The Bertz CT molecular complexity index is 446. The number of ether oxygens (including phenoxy) is 1. The lowest BCUT2D eigenvalue weighted by atomic mass is 9.62. The van der Waals surface area contributed by atoms with Gasteiger partial charge in [-0.05, 0) is 75.9 Å². The van der Waals surface area contributed by atoms with Crippen LogP contribution in [0.1, 0.15) is 66.2 Å². The second-order valence-electron chi connectivity index (χ2n) is 7.19. The second kappa shape index (κ2) is 4.18. The number of rotatable bonds is 2. The van der Waals surface area contributed by atoms with Gasteiger partial charge in [0.25, 0.3) is 0 Å². The van der Waals surface area contributed by atoms with Crippen LogP contribution in [0.2, 0.25) is 0 Å². The third kappa shape index (κ3) is 1.75. The molecule has 0 aromatic rings. The molecule has 1 aliphatic heterocycles. The van der Waals surface area contributed by atoms with Crippen molar-refractivity contribution < 1.29 is 9.53 Å². The molecule has 2 nitrogen and oxygen atoms in total. The molecule has 0 amide bonds. The first-order valence-corrected chi connectivity index (χ1v) is 7.84. The topological polar surface area (TPSA) is 26.3 Å². The summed E-state index contributed by atoms with van der Waals surface area (Å²) in [5.41, 5.74) is 2.22. The van der Waals surface area contributed by atoms with Crippen LogP contribution in [0.3, 0.4) is 0 Å². The number of Topliss-reactive ketones (excluding diaryl/α,β-unsaturated/α-hetero) is 1. The van der Waals surface area contributed by atoms with Crippen LogP contribution in [-0.2, 0) is 9.53 Å². The van der Waals surface area contributed by atoms with Crippen molar-refractivity contribution in [3.05, 3.63) is 11.1 Å². The molecule has 1 heterocycles. The van der Waals surface area contributed by atoms with Crippen LogP contribution in [0, 0.1) is 11.8 Å². The maximum absolute atomic E-state index is 12.2. The molecule has 2 heteroatoms. The SMILES string of the molecule is CCC(=O)C1=C(C)C23CC(CCC2CC1)C(C)(C)O3. The van der Waals surface area contributed by atoms with Gasteiger partial charge in [0.2, 0.25) is 0 Å². The van der Waals surface area contributed by atoms with Crippen LogP contribution < -0.4 is 0 Å². The van der Waals surface area contributed by atoms with Gasteiger partial charge in [0.1, 0.15) is 0 Å². The largest absolute Gasteiger partial charge is 0.364 e. The average molecular weight is 262 g/mol. The molecule has 3 aliphatic rings. The van der Waals surface area contributed by atoms with E-state index in [4.69, 9.17) is 4.74 Å². The van der Waals surface area contributed by atoms with Gasteiger partial charge in [-0.25, -0.2) is 0 Å². The number of fused-ring (bicyclic) bond motifs is 1. The summed E-state index contributed by atoms with van der Waals surface area (Å²) in [7, 11) is 0. The molecule has 19 heavy (non-hydrogen) atoms. The molecule has 3 rings (SSSR count). The molecule has 1 spiro atoms. The van der Waals surface area contributed by atoms with E-state index in [1.165, 1.54) is 18.4 Å². The Morgan fingerprint density at radius 2 is 1.95 bits per heavy atom. The molecule has 1 saturated heterocycles. The molecule has 3 atom stereocenters. The van der Waals surface area contributed by atoms with Crippen LogP contribution in [0.15, 0.2) is 11.1 Å². The fourth-order valence-electron chi connectivity index (χ4n) is 4.78. The zero-order valence-corrected chi connectivity index (χ0v) is 12.7. The smallest absolute Gasteiger partial charge is 0.158 e. The van der Waals surface area contributed by atoms with Crippen molar-refractivity contribution in [1.29, 1.82) is 0 Å². The quantitative estimate of drug-likeness (QED) is 0.750. The third-order valence-corrected chi connectivity index (χ3v) is 5.99. The van der Waals surface area contributed by atoms with Crippen molar-refractivity contribution in [2.75, 3.05) is 0 Å². The van der Waals surface area contributed by atoms with E-state index in [9.17, 15) is 4.79 Å². The molecule has 1 saturated carbocycles. The summed E-state index contributed by atoms with van der Waals surface area (Å²) in [5, 5.41) is 0. The Kier molecular flexibility index (Phi) is 2.94. The minimum atomic E-state index is -0.106. The summed E-state index contributed by atoms with van der Waals surface area (Å²) < 4.78 is 6.59. The van der Waals surface area contributed by atoms with Gasteiger partial charge >= 0.3 is 0 Å². The summed E-state index contributed by atoms with van der Waals surface area (Å²) in [6.45, 7) is 8.60. The normalized spacial score (nSPS) is 40.2. The Morgan fingerprint density at radius 3 is 2.63 bits per heavy atom. The van der Waals surface area contributed by atoms with Crippen molar-refractivity contribution in [3.8, 4) is 0 Å². The third-order valence-electron chi connectivity index (χ3n) is 5.99. The number of carbonyl (C=O) groups excluding carboxylic acids is 1. The van der Waals surface area contributed by atoms with Gasteiger partial charge in [0.15, 0.2) is 5.78 Å². The number of carbonyl (C=O) groups is 1. The lowest BCUT2D eigenvalue weighted by Gasteiger charge is -2.45. The molecule has 3 unspecified atom stereocenters. The van der Waals surface area contributed by atoms with Gasteiger partial charge in [-0.3, -0.25) is 4.79 Å². The Hall–Kier alpha value is -0.630. The predicted molar refractivity (Wildman–Crippen MR) is 76.0 cm³/mol. The van der Waals surface area contributed by atoms with E-state index in [1.807, 2.05) is 6.92 Å². The van der Waals surface area contributed by atoms with Gasteiger partial charge in [0.05, 0.1) is 11.2 Å². The van der Waals surface area contributed by atoms with E-state index in [0.29, 0.717) is 24.0 Å². The Balaban J connectivity index is 2.05. The minimum Gasteiger partial charge on any atom is -0.364 e. The average Bonchev–Trinajstić information content (AvgIpc) is 2.58. The number of allylic oxidation sites excluding steroid dienone is 1. The van der Waals surface area contributed by atoms with Crippen LogP contribution >= 0.6 is 0 Å². The number of hydrogen-bond acceptors (Lipinski definition) is 2. The fourth-order valence-corrected chi connectivity index (χ4v) is 4.78. The summed E-state index contributed by atoms with van der Waals surface area (Å²) >= 11 is 0. The molecular formula is C17H26O2. The van der Waals surface area contributed by atoms with Gasteiger partial charge in [0, 0.05) is 6.42 Å². The number of hydrogen-bond donors (Lipinski definition) is 0. The summed E-state index contributed by atoms with van der Waals surface area (Å²) in [6.07, 6.45) is 6.45. The van der Waals surface area contributed by atoms with Crippen molar-refractivity contribution in [3.63, 3.8) is 0 Å². The van der Waals surface area contributed by atoms with E-state index >= 15 is 0 Å². The molecule has 0 N–H and O–H groups in total. The summed E-state index contributed by atoms with van der Waals surface area (Å²) in [4.78, 5) is 12.2. The van der Waals surface area contributed by atoms with Crippen molar-refractivity contribution in [2.24, 2.45) is 11.8 Å². The van der Waals surface area contributed by atoms with Crippen molar-refractivity contribution in [2.45, 2.75) is 77.4 Å². The Morgan fingerprint density at radius 1 is 1.26 bits per heavy atom. The van der Waals surface area contributed by atoms with E-state index in [0.717, 1.165) is 24.8 Å². The van der Waals surface area contributed by atoms with Crippen LogP contribution in [-0.4, -0.2) is 17.0 Å². The highest BCUT2D eigenvalue weighted by atomic mass is 16.5. The zero-order chi connectivity index (χ0) is 13.8. The first-order valence-electron chi connectivity index (χ1n) is 7.84. The monoisotopic (exact) mass is 262 g/mol. The first kappa shape index (κ1) is 13.4. The molecule has 106 valence electrons. The predicted octanol–water partition coefficient (Wildman–Crippen LogP) is 4.04. The molecule has 0 aromatic heterocycles. The van der Waals surface area contributed by atoms with Gasteiger partial charge < -0.3 is 4.74 Å². The Labute approximate surface area is 116 Å². The molecule has 2 aliphatic carbocycles. The van der Waals surface area contributed by atoms with E-state index in [-0.39, 0.29) is 11.2 Å². The maximum atomic E-state index is 12.2.